The first-order valence-electron chi connectivity index (χ1n) is 3.18. The van der Waals surface area contributed by atoms with E-state index in [0.717, 1.165) is 17.4 Å². The van der Waals surface area contributed by atoms with Crippen molar-refractivity contribution in [3.63, 3.8) is 0 Å². The quantitative estimate of drug-likeness (QED) is 0.385. The number of rotatable bonds is 2. The average Bonchev–Trinajstić information content (AvgIpc) is 1.95. The van der Waals surface area contributed by atoms with Crippen molar-refractivity contribution in [1.82, 2.24) is 4.98 Å². The van der Waals surface area contributed by atoms with Crippen LogP contribution in [0, 0.1) is 0 Å². The van der Waals surface area contributed by atoms with Gasteiger partial charge in [-0.05, 0) is 11.2 Å². The smallest absolute Gasteiger partial charge is 0.163 e. The Bertz CT molecular complexity index is 220. The number of nitrogens with zero attached hydrogens (tertiary/aromatic N) is 1. The topological polar surface area (TPSA) is 30.0 Å². The van der Waals surface area contributed by atoms with E-state index < -0.39 is 0 Å². The zero-order valence-electron chi connectivity index (χ0n) is 5.87. The van der Waals surface area contributed by atoms with Gasteiger partial charge in [-0.2, -0.15) is 0 Å². The minimum absolute atomic E-state index is 0.466. The van der Waals surface area contributed by atoms with Crippen molar-refractivity contribution in [3.05, 3.63) is 23.9 Å². The van der Waals surface area contributed by atoms with E-state index in [0.29, 0.717) is 6.42 Å². The summed E-state index contributed by atoms with van der Waals surface area (Å²) in [6.45, 7) is 0. The van der Waals surface area contributed by atoms with Gasteiger partial charge in [0.1, 0.15) is 6.29 Å². The molecule has 0 fully saturated rings. The van der Waals surface area contributed by atoms with Gasteiger partial charge in [-0.25, -0.2) is 0 Å². The Labute approximate surface area is 60.7 Å². The van der Waals surface area contributed by atoms with Gasteiger partial charge in [-0.15, -0.1) is 0 Å². The highest BCUT2D eigenvalue weighted by Gasteiger charge is 1.89. The maximum atomic E-state index is 10.0. The second-order valence-electron chi connectivity index (χ2n) is 2.18. The fourth-order valence-corrected chi connectivity index (χ4v) is 0.715. The Morgan fingerprint density at radius 3 is 2.90 bits per heavy atom. The van der Waals surface area contributed by atoms with E-state index in [-0.39, 0.29) is 0 Å². The molecular formula is C7H8BNO. The highest BCUT2D eigenvalue weighted by molar-refractivity contribution is 6.30. The number of aromatic nitrogens is 1. The Kier molecular flexibility index (Phi) is 2.21. The fraction of sp³-hybridized carbons (Fsp3) is 0.143. The molecule has 0 saturated carbocycles. The first kappa shape index (κ1) is 7.00. The molecule has 0 saturated heterocycles. The van der Waals surface area contributed by atoms with Crippen LogP contribution in [0.25, 0.3) is 0 Å². The highest BCUT2D eigenvalue weighted by atomic mass is 16.1. The molecule has 0 aliphatic carbocycles. The van der Waals surface area contributed by atoms with Crippen LogP contribution in [0.2, 0.25) is 0 Å². The Morgan fingerprint density at radius 1 is 1.60 bits per heavy atom. The van der Waals surface area contributed by atoms with E-state index in [2.05, 4.69) is 4.98 Å². The predicted octanol–water partition coefficient (Wildman–Crippen LogP) is -0.919. The van der Waals surface area contributed by atoms with Gasteiger partial charge in [0.05, 0.1) is 0 Å². The molecule has 0 aromatic carbocycles. The first-order valence-corrected chi connectivity index (χ1v) is 3.18. The molecule has 0 unspecified atom stereocenters. The third kappa shape index (κ3) is 1.69. The summed E-state index contributed by atoms with van der Waals surface area (Å²) in [5.41, 5.74) is 1.95. The molecule has 0 bridgehead atoms. The predicted molar refractivity (Wildman–Crippen MR) is 42.2 cm³/mol. The molecule has 0 N–H and O–H groups in total. The summed E-state index contributed by atoms with van der Waals surface area (Å²) in [6.07, 6.45) is 3.07. The summed E-state index contributed by atoms with van der Waals surface area (Å²) < 4.78 is 0. The monoisotopic (exact) mass is 133 g/mol. The summed E-state index contributed by atoms with van der Waals surface area (Å²) in [5.74, 6) is 0. The molecule has 0 amide bonds. The van der Waals surface area contributed by atoms with Crippen molar-refractivity contribution in [3.8, 4) is 0 Å². The minimum atomic E-state index is 0.466. The van der Waals surface area contributed by atoms with Crippen LogP contribution in [-0.2, 0) is 11.2 Å². The minimum Gasteiger partial charge on any atom is -0.303 e. The number of aldehydes is 1. The van der Waals surface area contributed by atoms with Crippen LogP contribution in [0.4, 0.5) is 0 Å². The lowest BCUT2D eigenvalue weighted by Crippen LogP contribution is -2.06. The fourth-order valence-electron chi connectivity index (χ4n) is 0.715. The first-order chi connectivity index (χ1) is 4.83. The number of pyridine rings is 1. The molecule has 0 spiro atoms. The normalized spacial score (nSPS) is 9.20. The molecule has 50 valence electrons. The molecule has 3 heteroatoms. The van der Waals surface area contributed by atoms with Gasteiger partial charge in [0.2, 0.25) is 0 Å². The molecule has 2 nitrogen and oxygen atoms in total. The third-order valence-electron chi connectivity index (χ3n) is 1.29. The average molecular weight is 133 g/mol. The van der Waals surface area contributed by atoms with Gasteiger partial charge < -0.3 is 4.79 Å². The Balaban J connectivity index is 2.78. The van der Waals surface area contributed by atoms with E-state index in [4.69, 9.17) is 0 Å². The summed E-state index contributed by atoms with van der Waals surface area (Å²) in [6, 6.07) is 3.82. The van der Waals surface area contributed by atoms with Crippen LogP contribution in [0.1, 0.15) is 5.56 Å². The molecule has 0 aliphatic heterocycles. The summed E-state index contributed by atoms with van der Waals surface area (Å²) in [5, 5.41) is 0. The largest absolute Gasteiger partial charge is 0.303 e. The SMILES string of the molecule is Bc1ccc(CC=O)cn1. The van der Waals surface area contributed by atoms with E-state index in [9.17, 15) is 4.79 Å². The van der Waals surface area contributed by atoms with Crippen molar-refractivity contribution < 1.29 is 4.79 Å². The van der Waals surface area contributed by atoms with Gasteiger partial charge in [0, 0.05) is 12.6 Å². The summed E-state index contributed by atoms with van der Waals surface area (Å²) >= 11 is 0. The van der Waals surface area contributed by atoms with Crippen molar-refractivity contribution in [2.24, 2.45) is 0 Å². The number of hydrogen-bond acceptors (Lipinski definition) is 2. The molecule has 0 aliphatic rings. The second kappa shape index (κ2) is 3.15. The van der Waals surface area contributed by atoms with Crippen LogP contribution in [0.5, 0.6) is 0 Å². The lowest BCUT2D eigenvalue weighted by atomic mass is 10.0. The van der Waals surface area contributed by atoms with Crippen molar-refractivity contribution in [1.29, 1.82) is 0 Å². The lowest BCUT2D eigenvalue weighted by molar-refractivity contribution is -0.107. The van der Waals surface area contributed by atoms with Gasteiger partial charge in [0.25, 0.3) is 0 Å². The van der Waals surface area contributed by atoms with Crippen molar-refractivity contribution in [2.75, 3.05) is 0 Å². The standard InChI is InChI=1S/C7H8BNO/c8-7-2-1-6(3-4-10)5-9-7/h1-2,4-5H,3,8H2. The summed E-state index contributed by atoms with van der Waals surface area (Å²) in [7, 11) is 1.92. The second-order valence-corrected chi connectivity index (χ2v) is 2.18. The molecular weight excluding hydrogens is 125 g/mol. The zero-order valence-corrected chi connectivity index (χ0v) is 5.87. The maximum absolute atomic E-state index is 10.0. The van der Waals surface area contributed by atoms with Gasteiger partial charge in [-0.1, -0.05) is 12.1 Å². The number of hydrogen-bond donors (Lipinski definition) is 0. The van der Waals surface area contributed by atoms with E-state index in [1.165, 1.54) is 0 Å². The molecule has 1 rings (SSSR count). The molecule has 0 radical (unpaired) electrons. The molecule has 1 aromatic rings. The lowest BCUT2D eigenvalue weighted by Gasteiger charge is -1.93. The number of carbonyl (C=O) groups excluding carboxylic acids is 1. The van der Waals surface area contributed by atoms with Crippen LogP contribution in [0.3, 0.4) is 0 Å². The molecule has 10 heavy (non-hydrogen) atoms. The Hall–Kier alpha value is -1.12. The van der Waals surface area contributed by atoms with Gasteiger partial charge in [-0.3, -0.25) is 4.98 Å². The molecule has 0 atom stereocenters. The Morgan fingerprint density at radius 2 is 2.40 bits per heavy atom. The van der Waals surface area contributed by atoms with Crippen LogP contribution >= 0.6 is 0 Å². The van der Waals surface area contributed by atoms with E-state index in [1.54, 1.807) is 6.20 Å². The van der Waals surface area contributed by atoms with Crippen molar-refractivity contribution in [2.45, 2.75) is 6.42 Å². The number of carbonyl (C=O) groups is 1. The molecule has 1 heterocycles. The van der Waals surface area contributed by atoms with Crippen LogP contribution in [-0.4, -0.2) is 19.1 Å². The maximum Gasteiger partial charge on any atom is 0.163 e. The van der Waals surface area contributed by atoms with Crippen molar-refractivity contribution >= 4 is 19.7 Å². The van der Waals surface area contributed by atoms with E-state index in [1.807, 2.05) is 20.0 Å². The van der Waals surface area contributed by atoms with E-state index >= 15 is 0 Å². The van der Waals surface area contributed by atoms with Gasteiger partial charge >= 0.3 is 0 Å². The van der Waals surface area contributed by atoms with Gasteiger partial charge in [0.15, 0.2) is 7.85 Å². The zero-order chi connectivity index (χ0) is 7.40. The van der Waals surface area contributed by atoms with Crippen LogP contribution < -0.4 is 5.59 Å². The highest BCUT2D eigenvalue weighted by Crippen LogP contribution is 1.91. The van der Waals surface area contributed by atoms with Crippen LogP contribution in [0.15, 0.2) is 18.3 Å². The third-order valence-corrected chi connectivity index (χ3v) is 1.29. The molecule has 1 aromatic heterocycles. The summed E-state index contributed by atoms with van der Waals surface area (Å²) in [4.78, 5) is 14.1.